The summed E-state index contributed by atoms with van der Waals surface area (Å²) < 4.78 is 7.50. The van der Waals surface area contributed by atoms with Crippen LogP contribution in [0.5, 0.6) is 5.75 Å². The van der Waals surface area contributed by atoms with Gasteiger partial charge in [0.05, 0.1) is 7.11 Å². The molecule has 0 atom stereocenters. The van der Waals surface area contributed by atoms with Gasteiger partial charge in [-0.2, -0.15) is 0 Å². The van der Waals surface area contributed by atoms with Crippen LogP contribution in [0, 0.1) is 6.92 Å². The number of rotatable bonds is 6. The number of nitrogens with zero attached hydrogens (tertiary/aromatic N) is 1. The minimum absolute atomic E-state index is 0.111. The first kappa shape index (κ1) is 16.8. The molecule has 128 valence electrons. The summed E-state index contributed by atoms with van der Waals surface area (Å²) in [6, 6.07) is 18.1. The van der Waals surface area contributed by atoms with E-state index in [0.29, 0.717) is 6.54 Å². The van der Waals surface area contributed by atoms with Crippen molar-refractivity contribution >= 4 is 22.9 Å². The lowest BCUT2D eigenvalue weighted by atomic mass is 10.2. The molecule has 3 rings (SSSR count). The highest BCUT2D eigenvalue weighted by Gasteiger charge is 2.05. The predicted octanol–water partition coefficient (Wildman–Crippen LogP) is 3.79. The van der Waals surface area contributed by atoms with E-state index in [1.54, 1.807) is 19.3 Å². The van der Waals surface area contributed by atoms with Gasteiger partial charge in [0, 0.05) is 35.9 Å². The van der Waals surface area contributed by atoms with E-state index < -0.39 is 0 Å². The highest BCUT2D eigenvalue weighted by molar-refractivity contribution is 5.92. The number of hydrogen-bond donors (Lipinski definition) is 1. The molecule has 1 aromatic heterocycles. The number of aromatic nitrogens is 1. The Bertz CT molecular complexity index is 909. The molecule has 0 fully saturated rings. The maximum absolute atomic E-state index is 12.0. The van der Waals surface area contributed by atoms with Gasteiger partial charge in [-0.3, -0.25) is 4.79 Å². The van der Waals surface area contributed by atoms with Gasteiger partial charge < -0.3 is 14.6 Å². The molecule has 4 nitrogen and oxygen atoms in total. The average molecular weight is 334 g/mol. The standard InChI is InChI=1S/C21H22N2O2/c1-16-15-18-8-3-5-9-19(18)23(16)14-13-22-21(24)12-11-17-7-4-6-10-20(17)25-2/h3-12,15H,13-14H2,1-2H3,(H,22,24)/b12-11+. The number of hydrogen-bond acceptors (Lipinski definition) is 2. The van der Waals surface area contributed by atoms with Crippen LogP contribution in [0.1, 0.15) is 11.3 Å². The number of amides is 1. The van der Waals surface area contributed by atoms with Crippen LogP contribution in [0.25, 0.3) is 17.0 Å². The van der Waals surface area contributed by atoms with Crippen molar-refractivity contribution in [1.29, 1.82) is 0 Å². The SMILES string of the molecule is COc1ccccc1/C=C/C(=O)NCCn1c(C)cc2ccccc21. The van der Waals surface area contributed by atoms with Crippen LogP contribution in [0.15, 0.2) is 60.7 Å². The Morgan fingerprint density at radius 2 is 1.92 bits per heavy atom. The molecule has 0 aliphatic heterocycles. The zero-order chi connectivity index (χ0) is 17.6. The lowest BCUT2D eigenvalue weighted by Crippen LogP contribution is -2.25. The number of carbonyl (C=O) groups excluding carboxylic acids is 1. The molecule has 25 heavy (non-hydrogen) atoms. The summed E-state index contributed by atoms with van der Waals surface area (Å²) in [6.07, 6.45) is 3.31. The van der Waals surface area contributed by atoms with Gasteiger partial charge in [0.25, 0.3) is 0 Å². The van der Waals surface area contributed by atoms with Gasteiger partial charge in [0.2, 0.25) is 5.91 Å². The van der Waals surface area contributed by atoms with E-state index in [1.165, 1.54) is 16.6 Å². The Kier molecular flexibility index (Phi) is 5.19. The van der Waals surface area contributed by atoms with Gasteiger partial charge in [-0.15, -0.1) is 0 Å². The van der Waals surface area contributed by atoms with Crippen molar-refractivity contribution in [2.45, 2.75) is 13.5 Å². The second kappa shape index (κ2) is 7.71. The van der Waals surface area contributed by atoms with E-state index in [-0.39, 0.29) is 5.91 Å². The molecule has 0 aliphatic carbocycles. The monoisotopic (exact) mass is 334 g/mol. The first-order valence-electron chi connectivity index (χ1n) is 8.33. The summed E-state index contributed by atoms with van der Waals surface area (Å²) in [5, 5.41) is 4.16. The van der Waals surface area contributed by atoms with E-state index in [2.05, 4.69) is 35.0 Å². The fourth-order valence-electron chi connectivity index (χ4n) is 2.96. The third kappa shape index (κ3) is 3.91. The molecule has 3 aromatic rings. The number of benzene rings is 2. The third-order valence-corrected chi connectivity index (χ3v) is 4.21. The molecule has 0 bridgehead atoms. The van der Waals surface area contributed by atoms with E-state index >= 15 is 0 Å². The van der Waals surface area contributed by atoms with Crippen molar-refractivity contribution in [2.75, 3.05) is 13.7 Å². The molecule has 0 saturated heterocycles. The van der Waals surface area contributed by atoms with Crippen molar-refractivity contribution in [3.05, 3.63) is 71.9 Å². The normalized spacial score (nSPS) is 11.1. The summed E-state index contributed by atoms with van der Waals surface area (Å²) in [5.74, 6) is 0.640. The first-order chi connectivity index (χ1) is 12.2. The van der Waals surface area contributed by atoms with Crippen molar-refractivity contribution in [2.24, 2.45) is 0 Å². The molecule has 1 N–H and O–H groups in total. The lowest BCUT2D eigenvalue weighted by molar-refractivity contribution is -0.116. The Balaban J connectivity index is 1.59. The van der Waals surface area contributed by atoms with Crippen LogP contribution in [0.4, 0.5) is 0 Å². The van der Waals surface area contributed by atoms with Crippen LogP contribution < -0.4 is 10.1 Å². The Morgan fingerprint density at radius 3 is 2.76 bits per heavy atom. The van der Waals surface area contributed by atoms with Crippen LogP contribution in [0.3, 0.4) is 0 Å². The highest BCUT2D eigenvalue weighted by atomic mass is 16.5. The van der Waals surface area contributed by atoms with Gasteiger partial charge in [-0.25, -0.2) is 0 Å². The van der Waals surface area contributed by atoms with Crippen LogP contribution in [-0.2, 0) is 11.3 Å². The van der Waals surface area contributed by atoms with Crippen LogP contribution >= 0.6 is 0 Å². The van der Waals surface area contributed by atoms with E-state index in [0.717, 1.165) is 17.9 Å². The van der Waals surface area contributed by atoms with Crippen molar-refractivity contribution in [1.82, 2.24) is 9.88 Å². The number of methoxy groups -OCH3 is 1. The largest absolute Gasteiger partial charge is 0.496 e. The van der Waals surface area contributed by atoms with Crippen LogP contribution in [-0.4, -0.2) is 24.1 Å². The molecule has 0 saturated carbocycles. The number of nitrogens with one attached hydrogen (secondary N) is 1. The van der Waals surface area contributed by atoms with Gasteiger partial charge in [0.15, 0.2) is 0 Å². The number of fused-ring (bicyclic) bond motifs is 1. The molecule has 0 aliphatic rings. The molecule has 2 aromatic carbocycles. The fraction of sp³-hybridized carbons (Fsp3) is 0.190. The zero-order valence-electron chi connectivity index (χ0n) is 14.5. The molecule has 0 spiro atoms. The van der Waals surface area contributed by atoms with Crippen LogP contribution in [0.2, 0.25) is 0 Å². The smallest absolute Gasteiger partial charge is 0.244 e. The summed E-state index contributed by atoms with van der Waals surface area (Å²) >= 11 is 0. The van der Waals surface area contributed by atoms with E-state index in [9.17, 15) is 4.79 Å². The predicted molar refractivity (Wildman–Crippen MR) is 102 cm³/mol. The minimum Gasteiger partial charge on any atom is -0.496 e. The number of carbonyl (C=O) groups is 1. The van der Waals surface area contributed by atoms with E-state index in [1.807, 2.05) is 36.4 Å². The minimum atomic E-state index is -0.111. The molecular formula is C21H22N2O2. The second-order valence-corrected chi connectivity index (χ2v) is 5.86. The maximum Gasteiger partial charge on any atom is 0.244 e. The number of ether oxygens (including phenoxy) is 1. The molecule has 1 amide bonds. The fourth-order valence-corrected chi connectivity index (χ4v) is 2.96. The topological polar surface area (TPSA) is 43.3 Å². The lowest BCUT2D eigenvalue weighted by Gasteiger charge is -2.09. The molecule has 1 heterocycles. The number of aryl methyl sites for hydroxylation is 1. The zero-order valence-corrected chi connectivity index (χ0v) is 14.5. The highest BCUT2D eigenvalue weighted by Crippen LogP contribution is 2.19. The van der Waals surface area contributed by atoms with Gasteiger partial charge in [-0.05, 0) is 36.6 Å². The summed E-state index contributed by atoms with van der Waals surface area (Å²) in [5.41, 5.74) is 3.27. The molecule has 4 heteroatoms. The third-order valence-electron chi connectivity index (χ3n) is 4.21. The molecule has 0 unspecified atom stereocenters. The number of para-hydroxylation sites is 2. The first-order valence-corrected chi connectivity index (χ1v) is 8.33. The second-order valence-electron chi connectivity index (χ2n) is 5.86. The van der Waals surface area contributed by atoms with E-state index in [4.69, 9.17) is 4.74 Å². The average Bonchev–Trinajstić information content (AvgIpc) is 2.96. The molecular weight excluding hydrogens is 312 g/mol. The van der Waals surface area contributed by atoms with Crippen molar-refractivity contribution in [3.8, 4) is 5.75 Å². The Labute approximate surface area is 147 Å². The molecule has 0 radical (unpaired) electrons. The summed E-state index contributed by atoms with van der Waals surface area (Å²) in [4.78, 5) is 12.0. The Morgan fingerprint density at radius 1 is 1.16 bits per heavy atom. The van der Waals surface area contributed by atoms with Gasteiger partial charge >= 0.3 is 0 Å². The maximum atomic E-state index is 12.0. The quantitative estimate of drug-likeness (QED) is 0.697. The van der Waals surface area contributed by atoms with Gasteiger partial charge in [-0.1, -0.05) is 36.4 Å². The summed E-state index contributed by atoms with van der Waals surface area (Å²) in [6.45, 7) is 3.41. The van der Waals surface area contributed by atoms with Crippen molar-refractivity contribution < 1.29 is 9.53 Å². The van der Waals surface area contributed by atoms with Gasteiger partial charge in [0.1, 0.15) is 5.75 Å². The summed E-state index contributed by atoms with van der Waals surface area (Å²) in [7, 11) is 1.62. The Hall–Kier alpha value is -3.01. The van der Waals surface area contributed by atoms with Crippen molar-refractivity contribution in [3.63, 3.8) is 0 Å².